The molecule has 27 heavy (non-hydrogen) atoms. The third-order valence-electron chi connectivity index (χ3n) is 5.37. The summed E-state index contributed by atoms with van der Waals surface area (Å²) in [4.78, 5) is 0.725. The zero-order valence-corrected chi connectivity index (χ0v) is 16.8. The molecule has 0 unspecified atom stereocenters. The minimum atomic E-state index is -3.63. The first kappa shape index (κ1) is 17.7. The lowest BCUT2D eigenvalue weighted by Crippen LogP contribution is -2.04. The van der Waals surface area contributed by atoms with Crippen molar-refractivity contribution < 1.29 is 8.42 Å². The van der Waals surface area contributed by atoms with Gasteiger partial charge in [-0.1, -0.05) is 42.5 Å². The Morgan fingerprint density at radius 1 is 0.630 bits per heavy atom. The van der Waals surface area contributed by atoms with Crippen molar-refractivity contribution in [2.24, 2.45) is 0 Å². The van der Waals surface area contributed by atoms with Crippen molar-refractivity contribution in [3.8, 4) is 0 Å². The number of hydrogen-bond acceptors (Lipinski definition) is 2. The van der Waals surface area contributed by atoms with Crippen molar-refractivity contribution in [2.75, 3.05) is 0 Å². The molecular formula is C24H22O2S. The summed E-state index contributed by atoms with van der Waals surface area (Å²) in [6, 6.07) is 19.1. The van der Waals surface area contributed by atoms with Gasteiger partial charge in [-0.2, -0.15) is 0 Å². The first-order chi connectivity index (χ1) is 12.8. The Balaban J connectivity index is 2.04. The number of sulfone groups is 1. The summed E-state index contributed by atoms with van der Waals surface area (Å²) in [6.45, 7) is 8.08. The molecule has 0 aliphatic heterocycles. The maximum Gasteiger partial charge on any atom is 0.207 e. The molecule has 0 aromatic heterocycles. The van der Waals surface area contributed by atoms with E-state index in [1.54, 1.807) is 18.2 Å². The standard InChI is InChI=1S/C24H22O2S/c1-15-7-5-9-19-14-20(13-18(4)23(15)19)27(25,26)22-12-11-17(3)24-16(2)8-6-10-21(22)24/h5-14H,1-4H3. The molecule has 0 saturated carbocycles. The van der Waals surface area contributed by atoms with Crippen LogP contribution in [0.4, 0.5) is 0 Å². The highest BCUT2D eigenvalue weighted by Gasteiger charge is 2.22. The average Bonchev–Trinajstić information content (AvgIpc) is 2.61. The van der Waals surface area contributed by atoms with E-state index < -0.39 is 9.84 Å². The molecule has 0 N–H and O–H groups in total. The Kier molecular flexibility index (Phi) is 4.08. The largest absolute Gasteiger partial charge is 0.218 e. The topological polar surface area (TPSA) is 34.1 Å². The van der Waals surface area contributed by atoms with Gasteiger partial charge in [-0.25, -0.2) is 8.42 Å². The fourth-order valence-corrected chi connectivity index (χ4v) is 5.69. The molecule has 136 valence electrons. The third kappa shape index (κ3) is 2.74. The molecule has 3 heteroatoms. The van der Waals surface area contributed by atoms with Crippen LogP contribution in [-0.4, -0.2) is 8.42 Å². The first-order valence-corrected chi connectivity index (χ1v) is 10.5. The van der Waals surface area contributed by atoms with E-state index in [9.17, 15) is 8.42 Å². The summed E-state index contributed by atoms with van der Waals surface area (Å²) < 4.78 is 27.1. The molecule has 0 amide bonds. The van der Waals surface area contributed by atoms with Crippen LogP contribution < -0.4 is 0 Å². The van der Waals surface area contributed by atoms with Gasteiger partial charge in [0.2, 0.25) is 9.84 Å². The monoisotopic (exact) mass is 374 g/mol. The van der Waals surface area contributed by atoms with Crippen molar-refractivity contribution >= 4 is 31.4 Å². The van der Waals surface area contributed by atoms with Gasteiger partial charge >= 0.3 is 0 Å². The van der Waals surface area contributed by atoms with E-state index in [-0.39, 0.29) is 0 Å². The van der Waals surface area contributed by atoms with Crippen LogP contribution in [-0.2, 0) is 9.84 Å². The third-order valence-corrected chi connectivity index (χ3v) is 7.16. The summed E-state index contributed by atoms with van der Waals surface area (Å²) in [7, 11) is -3.63. The van der Waals surface area contributed by atoms with Crippen molar-refractivity contribution in [1.29, 1.82) is 0 Å². The molecule has 4 rings (SSSR count). The van der Waals surface area contributed by atoms with Crippen LogP contribution in [0, 0.1) is 27.7 Å². The van der Waals surface area contributed by atoms with Crippen LogP contribution in [0.2, 0.25) is 0 Å². The van der Waals surface area contributed by atoms with E-state index in [0.29, 0.717) is 9.79 Å². The van der Waals surface area contributed by atoms with Crippen molar-refractivity contribution in [1.82, 2.24) is 0 Å². The molecule has 2 nitrogen and oxygen atoms in total. The van der Waals surface area contributed by atoms with Crippen LogP contribution in [0.1, 0.15) is 22.3 Å². The Morgan fingerprint density at radius 3 is 2.00 bits per heavy atom. The molecule has 4 aromatic rings. The number of rotatable bonds is 2. The van der Waals surface area contributed by atoms with Crippen molar-refractivity contribution in [3.05, 3.63) is 82.9 Å². The minimum Gasteiger partial charge on any atom is -0.218 e. The Hall–Kier alpha value is -2.65. The number of benzene rings is 4. The summed E-state index contributed by atoms with van der Waals surface area (Å²) in [5.74, 6) is 0. The highest BCUT2D eigenvalue weighted by Crippen LogP contribution is 2.34. The smallest absolute Gasteiger partial charge is 0.207 e. The Morgan fingerprint density at radius 2 is 1.26 bits per heavy atom. The number of aryl methyl sites for hydroxylation is 4. The van der Waals surface area contributed by atoms with Gasteiger partial charge in [0.1, 0.15) is 0 Å². The molecule has 0 bridgehead atoms. The number of fused-ring (bicyclic) bond motifs is 2. The predicted octanol–water partition coefficient (Wildman–Crippen LogP) is 6.06. The first-order valence-electron chi connectivity index (χ1n) is 9.04. The summed E-state index contributed by atoms with van der Waals surface area (Å²) >= 11 is 0. The van der Waals surface area contributed by atoms with E-state index in [1.165, 1.54) is 0 Å². The van der Waals surface area contributed by atoms with Gasteiger partial charge in [0.05, 0.1) is 9.79 Å². The van der Waals surface area contributed by atoms with Crippen LogP contribution in [0.15, 0.2) is 70.5 Å². The minimum absolute atomic E-state index is 0.352. The van der Waals surface area contributed by atoms with Gasteiger partial charge in [0, 0.05) is 5.39 Å². The van der Waals surface area contributed by atoms with Gasteiger partial charge in [0.25, 0.3) is 0 Å². The van der Waals surface area contributed by atoms with Crippen molar-refractivity contribution in [3.63, 3.8) is 0 Å². The van der Waals surface area contributed by atoms with Gasteiger partial charge in [0.15, 0.2) is 0 Å². The molecule has 0 heterocycles. The fourth-order valence-electron chi connectivity index (χ4n) is 4.12. The van der Waals surface area contributed by atoms with Crippen LogP contribution in [0.3, 0.4) is 0 Å². The lowest BCUT2D eigenvalue weighted by atomic mass is 10.0. The van der Waals surface area contributed by atoms with Crippen LogP contribution in [0.25, 0.3) is 21.5 Å². The molecule has 0 aliphatic carbocycles. The molecular weight excluding hydrogens is 352 g/mol. The summed E-state index contributed by atoms with van der Waals surface area (Å²) in [5.41, 5.74) is 4.32. The second-order valence-electron chi connectivity index (χ2n) is 7.29. The van der Waals surface area contributed by atoms with E-state index in [1.807, 2.05) is 57.2 Å². The summed E-state index contributed by atoms with van der Waals surface area (Å²) in [6.07, 6.45) is 0. The van der Waals surface area contributed by atoms with Crippen molar-refractivity contribution in [2.45, 2.75) is 37.5 Å². The molecule has 0 aliphatic rings. The molecule has 0 saturated heterocycles. The Bertz CT molecular complexity index is 1310. The van der Waals surface area contributed by atoms with Gasteiger partial charge in [-0.3, -0.25) is 0 Å². The molecule has 0 fully saturated rings. The second-order valence-corrected chi connectivity index (χ2v) is 9.21. The lowest BCUT2D eigenvalue weighted by Gasteiger charge is -2.14. The highest BCUT2D eigenvalue weighted by atomic mass is 32.2. The zero-order valence-electron chi connectivity index (χ0n) is 16.0. The quantitative estimate of drug-likeness (QED) is 0.427. The van der Waals surface area contributed by atoms with E-state index in [2.05, 4.69) is 13.0 Å². The number of hydrogen-bond donors (Lipinski definition) is 0. The lowest BCUT2D eigenvalue weighted by molar-refractivity contribution is 0.597. The highest BCUT2D eigenvalue weighted by molar-refractivity contribution is 7.91. The molecule has 0 spiro atoms. The SMILES string of the molecule is Cc1cccc2cc(S(=O)(=O)c3ccc(C)c4c(C)cccc34)cc(C)c12. The van der Waals surface area contributed by atoms with Crippen LogP contribution >= 0.6 is 0 Å². The van der Waals surface area contributed by atoms with E-state index in [0.717, 1.165) is 43.8 Å². The maximum absolute atomic E-state index is 13.6. The summed E-state index contributed by atoms with van der Waals surface area (Å²) in [5, 5.41) is 3.89. The maximum atomic E-state index is 13.6. The van der Waals surface area contributed by atoms with Gasteiger partial charge in [-0.15, -0.1) is 0 Å². The predicted molar refractivity (Wildman–Crippen MR) is 112 cm³/mol. The average molecular weight is 375 g/mol. The van der Waals surface area contributed by atoms with Gasteiger partial charge in [-0.05, 0) is 84.3 Å². The zero-order chi connectivity index (χ0) is 19.3. The normalized spacial score (nSPS) is 12.0. The van der Waals surface area contributed by atoms with E-state index in [4.69, 9.17) is 0 Å². The van der Waals surface area contributed by atoms with Crippen LogP contribution in [0.5, 0.6) is 0 Å². The molecule has 0 atom stereocenters. The Labute approximate surface area is 160 Å². The molecule has 4 aromatic carbocycles. The molecule has 0 radical (unpaired) electrons. The van der Waals surface area contributed by atoms with E-state index >= 15 is 0 Å². The second kappa shape index (κ2) is 6.21. The van der Waals surface area contributed by atoms with Gasteiger partial charge < -0.3 is 0 Å². The fraction of sp³-hybridized carbons (Fsp3) is 0.167.